The maximum absolute atomic E-state index is 13.3. The molecule has 1 aliphatic carbocycles. The van der Waals surface area contributed by atoms with E-state index in [-0.39, 0.29) is 35.0 Å². The molecule has 5 rings (SSSR count). The zero-order chi connectivity index (χ0) is 42.5. The summed E-state index contributed by atoms with van der Waals surface area (Å²) in [4.78, 5) is 14.7. The smallest absolute Gasteiger partial charge is 0.472 e. The molecule has 17 heteroatoms. The molecule has 2 unspecified atom stereocenters. The molecule has 1 aromatic carbocycles. The van der Waals surface area contributed by atoms with E-state index in [2.05, 4.69) is 17.0 Å². The van der Waals surface area contributed by atoms with E-state index < -0.39 is 50.0 Å². The van der Waals surface area contributed by atoms with Crippen molar-refractivity contribution in [1.82, 2.24) is 14.6 Å². The van der Waals surface area contributed by atoms with Crippen LogP contribution in [0.3, 0.4) is 0 Å². The number of anilines is 1. The predicted octanol–water partition coefficient (Wildman–Crippen LogP) is 6.81. The summed E-state index contributed by atoms with van der Waals surface area (Å²) in [5.41, 5.74) is 2.79. The first-order valence-corrected chi connectivity index (χ1v) is 22.4. The number of aromatic nitrogens is 3. The van der Waals surface area contributed by atoms with Gasteiger partial charge in [0.25, 0.3) is 0 Å². The number of rotatable bonds is 27. The number of nitrogen functional groups attached to an aromatic ring is 1. The van der Waals surface area contributed by atoms with Crippen molar-refractivity contribution in [3.05, 3.63) is 53.0 Å². The van der Waals surface area contributed by atoms with Crippen LogP contribution in [0, 0.1) is 40.9 Å². The van der Waals surface area contributed by atoms with E-state index >= 15 is 0 Å². The molecular formula is C42H58N7O9P. The number of benzene rings is 1. The second-order valence-electron chi connectivity index (χ2n) is 15.7. The van der Waals surface area contributed by atoms with Crippen LogP contribution >= 0.6 is 7.82 Å². The average molecular weight is 836 g/mol. The van der Waals surface area contributed by atoms with Crippen LogP contribution < -0.4 is 10.5 Å². The lowest BCUT2D eigenvalue weighted by molar-refractivity contribution is -0.106. The minimum absolute atomic E-state index is 0.0192. The third-order valence-corrected chi connectivity index (χ3v) is 12.1. The summed E-state index contributed by atoms with van der Waals surface area (Å²) in [7, 11) is -4.99. The molecule has 0 radical (unpaired) electrons. The van der Waals surface area contributed by atoms with Crippen molar-refractivity contribution in [2.45, 2.75) is 152 Å². The molecular weight excluding hydrogens is 777 g/mol. The number of phosphoric ester groups is 1. The van der Waals surface area contributed by atoms with Crippen molar-refractivity contribution in [3.8, 4) is 24.0 Å². The van der Waals surface area contributed by atoms with E-state index in [1.54, 1.807) is 19.1 Å². The highest BCUT2D eigenvalue weighted by molar-refractivity contribution is 7.47. The summed E-state index contributed by atoms with van der Waals surface area (Å²) in [6, 6.07) is 12.0. The first-order chi connectivity index (χ1) is 28.5. The molecule has 0 amide bonds. The van der Waals surface area contributed by atoms with Crippen molar-refractivity contribution in [1.29, 1.82) is 15.8 Å². The largest absolute Gasteiger partial charge is 0.483 e. The van der Waals surface area contributed by atoms with Gasteiger partial charge in [-0.05, 0) is 43.2 Å². The van der Waals surface area contributed by atoms with Gasteiger partial charge in [-0.25, -0.2) is 14.1 Å². The fourth-order valence-corrected chi connectivity index (χ4v) is 8.76. The van der Waals surface area contributed by atoms with Gasteiger partial charge in [-0.1, -0.05) is 103 Å². The molecule has 1 aliphatic heterocycles. The molecule has 5 N–H and O–H groups in total. The molecule has 7 atom stereocenters. The molecule has 3 heterocycles. The van der Waals surface area contributed by atoms with Gasteiger partial charge in [-0.3, -0.25) is 9.05 Å². The number of hydrogen-bond acceptors (Lipinski definition) is 14. The molecule has 3 aromatic rings. The van der Waals surface area contributed by atoms with Gasteiger partial charge in [0.15, 0.2) is 17.2 Å². The number of ether oxygens (including phenoxy) is 3. The van der Waals surface area contributed by atoms with Crippen LogP contribution in [0.2, 0.25) is 0 Å². The second-order valence-corrected chi connectivity index (χ2v) is 17.1. The Labute approximate surface area is 346 Å². The van der Waals surface area contributed by atoms with Crippen LogP contribution in [0.1, 0.15) is 132 Å². The Bertz CT molecular complexity index is 1990. The Hall–Kier alpha value is -4.14. The molecule has 2 fully saturated rings. The minimum atomic E-state index is -4.99. The summed E-state index contributed by atoms with van der Waals surface area (Å²) in [5, 5.41) is 56.5. The molecule has 1 saturated heterocycles. The molecule has 2 aliphatic rings. The monoisotopic (exact) mass is 835 g/mol. The van der Waals surface area contributed by atoms with Gasteiger partial charge in [0, 0.05) is 6.61 Å². The van der Waals surface area contributed by atoms with Crippen molar-refractivity contribution in [3.63, 3.8) is 0 Å². The summed E-state index contributed by atoms with van der Waals surface area (Å²) < 4.78 is 42.9. The topological polar surface area (TPSA) is 251 Å². The summed E-state index contributed by atoms with van der Waals surface area (Å²) in [6.07, 6.45) is 15.1. The molecule has 2 aromatic heterocycles. The number of fused-ring (bicyclic) bond motifs is 2. The maximum Gasteiger partial charge on any atom is 0.472 e. The lowest BCUT2D eigenvalue weighted by atomic mass is 9.90. The Morgan fingerprint density at radius 3 is 2.03 bits per heavy atom. The van der Waals surface area contributed by atoms with Crippen LogP contribution in [0.15, 0.2) is 30.6 Å². The Morgan fingerprint density at radius 2 is 1.51 bits per heavy atom. The highest BCUT2D eigenvalue weighted by Crippen LogP contribution is 2.63. The quantitative estimate of drug-likeness (QED) is 0.0454. The summed E-state index contributed by atoms with van der Waals surface area (Å²) in [6.45, 7) is 3.69. The number of phosphoric acid groups is 1. The first-order valence-electron chi connectivity index (χ1n) is 20.9. The molecule has 0 bridgehead atoms. The fraction of sp³-hybridized carbons (Fsp3) is 0.643. The average Bonchev–Trinajstić information content (AvgIpc) is 3.45. The number of hydrogen-bond donors (Lipinski definition) is 4. The van der Waals surface area contributed by atoms with Crippen molar-refractivity contribution < 1.29 is 42.9 Å². The van der Waals surface area contributed by atoms with Gasteiger partial charge in [0.2, 0.25) is 5.60 Å². The normalized spacial score (nSPS) is 23.5. The Balaban J connectivity index is 1.09. The highest BCUT2D eigenvalue weighted by atomic mass is 31.2. The van der Waals surface area contributed by atoms with E-state index in [0.29, 0.717) is 17.7 Å². The first kappa shape index (κ1) is 45.9. The zero-order valence-corrected chi connectivity index (χ0v) is 35.0. The number of nitrogens with zero attached hydrogens (tertiary/aromatic N) is 6. The molecule has 1 saturated carbocycles. The van der Waals surface area contributed by atoms with Gasteiger partial charge in [-0.15, -0.1) is 0 Å². The van der Waals surface area contributed by atoms with Crippen molar-refractivity contribution >= 4 is 19.2 Å². The Morgan fingerprint density at radius 1 is 0.932 bits per heavy atom. The lowest BCUT2D eigenvalue weighted by Gasteiger charge is -2.29. The molecule has 59 heavy (non-hydrogen) atoms. The van der Waals surface area contributed by atoms with Crippen LogP contribution in [0.5, 0.6) is 5.75 Å². The van der Waals surface area contributed by atoms with Crippen molar-refractivity contribution in [2.24, 2.45) is 0 Å². The zero-order valence-electron chi connectivity index (χ0n) is 34.1. The van der Waals surface area contributed by atoms with Gasteiger partial charge in [0.05, 0.1) is 30.0 Å². The van der Waals surface area contributed by atoms with Gasteiger partial charge >= 0.3 is 7.82 Å². The lowest BCUT2D eigenvalue weighted by Crippen LogP contribution is -2.47. The number of aryl methyl sites for hydroxylation is 1. The number of nitrogens with two attached hydrogens (primary N) is 1. The maximum atomic E-state index is 13.3. The molecule has 0 spiro atoms. The number of unbranched alkanes of at least 4 members (excludes halogenated alkanes) is 15. The minimum Gasteiger partial charge on any atom is -0.483 e. The van der Waals surface area contributed by atoms with E-state index in [1.807, 2.05) is 18.2 Å². The van der Waals surface area contributed by atoms with E-state index in [1.165, 1.54) is 93.7 Å². The van der Waals surface area contributed by atoms with Gasteiger partial charge < -0.3 is 35.1 Å². The van der Waals surface area contributed by atoms with Crippen LogP contribution in [0.25, 0.3) is 5.52 Å². The van der Waals surface area contributed by atoms with E-state index in [0.717, 1.165) is 32.0 Å². The standard InChI is InChI=1S/C42H58N7O9P/c1-3-4-5-6-7-8-9-10-11-12-13-14-15-16-17-18-21-54-26-33(56-36-31(24-43)22-30(2)23-32(36)25-44)27-55-59(52,53)58-38-37-42(38,51)40(50)41(28-45,57-37)35-20-19-34-39(46)47-29-48-49(34)35/h19-20,22-23,29,33,37-38,40,50-51H,3-18,21,26-27H2,1-2H3,(H,52,53)(H2,46,47,48)/t33-,37-,38?,40+,41+,42+/m1/s1. The second kappa shape index (κ2) is 21.4. The predicted molar refractivity (Wildman–Crippen MR) is 217 cm³/mol. The van der Waals surface area contributed by atoms with E-state index in [4.69, 9.17) is 29.0 Å². The molecule has 320 valence electrons. The summed E-state index contributed by atoms with van der Waals surface area (Å²) >= 11 is 0. The third kappa shape index (κ3) is 11.2. The SMILES string of the molecule is CCCCCCCCCCCCCCCCCCOC[C@H](COP(=O)(O)OC1[C@H]2O[C@@](C#N)(c3ccc4c(N)ncnn34)[C@H](O)[C@@]12O)Oc1c(C#N)cc(C)cc1C#N. The third-order valence-electron chi connectivity index (χ3n) is 11.1. The number of aliphatic hydroxyl groups excluding tert-OH is 1. The Kier molecular flexibility index (Phi) is 16.7. The molecule has 16 nitrogen and oxygen atoms in total. The van der Waals surface area contributed by atoms with Gasteiger partial charge in [0.1, 0.15) is 54.5 Å². The fourth-order valence-electron chi connectivity index (χ4n) is 7.78. The highest BCUT2D eigenvalue weighted by Gasteiger charge is 2.83. The summed E-state index contributed by atoms with van der Waals surface area (Å²) in [5.74, 6) is 0.0903. The van der Waals surface area contributed by atoms with Crippen molar-refractivity contribution in [2.75, 3.05) is 25.6 Å². The van der Waals surface area contributed by atoms with Crippen LogP contribution in [-0.4, -0.2) is 79.5 Å². The van der Waals surface area contributed by atoms with Gasteiger partial charge in [-0.2, -0.15) is 20.9 Å². The number of aliphatic hydroxyl groups is 2. The van der Waals surface area contributed by atoms with E-state index in [9.17, 15) is 35.5 Å². The van der Waals surface area contributed by atoms with Crippen LogP contribution in [0.4, 0.5) is 5.82 Å². The van der Waals surface area contributed by atoms with Crippen LogP contribution in [-0.2, 0) is 28.7 Å². The number of nitriles is 3.